The van der Waals surface area contributed by atoms with E-state index >= 15 is 0 Å². The summed E-state index contributed by atoms with van der Waals surface area (Å²) in [5, 5.41) is 3.91. The van der Waals surface area contributed by atoms with E-state index < -0.39 is 0 Å². The summed E-state index contributed by atoms with van der Waals surface area (Å²) in [7, 11) is 1.93. The Hall–Kier alpha value is -1.32. The molecule has 0 unspecified atom stereocenters. The van der Waals surface area contributed by atoms with Crippen LogP contribution in [0.3, 0.4) is 0 Å². The molecule has 0 saturated heterocycles. The van der Waals surface area contributed by atoms with Gasteiger partial charge in [-0.2, -0.15) is 0 Å². The van der Waals surface area contributed by atoms with Crippen molar-refractivity contribution in [3.63, 3.8) is 0 Å². The van der Waals surface area contributed by atoms with Crippen molar-refractivity contribution in [3.8, 4) is 5.69 Å². The van der Waals surface area contributed by atoms with Gasteiger partial charge in [-0.05, 0) is 44.7 Å². The molecule has 3 nitrogen and oxygen atoms in total. The second kappa shape index (κ2) is 4.90. The number of aromatic nitrogens is 2. The van der Waals surface area contributed by atoms with Gasteiger partial charge in [0.15, 0.2) is 0 Å². The maximum absolute atomic E-state index is 6.03. The Kier molecular flexibility index (Phi) is 3.50. The zero-order valence-electron chi connectivity index (χ0n) is 10.3. The molecule has 0 atom stereocenters. The first kappa shape index (κ1) is 12.1. The fourth-order valence-electron chi connectivity index (χ4n) is 1.86. The molecule has 0 aliphatic rings. The second-order valence-corrected chi connectivity index (χ2v) is 4.53. The number of halogens is 1. The smallest absolute Gasteiger partial charge is 0.0997 e. The minimum absolute atomic E-state index is 0.758. The fourth-order valence-corrected chi connectivity index (χ4v) is 2.06. The molecule has 0 aliphatic carbocycles. The van der Waals surface area contributed by atoms with Gasteiger partial charge in [0.05, 0.1) is 17.7 Å². The Bertz CT molecular complexity index is 531. The molecule has 0 aliphatic heterocycles. The third kappa shape index (κ3) is 2.35. The van der Waals surface area contributed by atoms with Gasteiger partial charge < -0.3 is 9.88 Å². The molecule has 2 rings (SSSR count). The van der Waals surface area contributed by atoms with Crippen LogP contribution >= 0.6 is 11.6 Å². The summed E-state index contributed by atoms with van der Waals surface area (Å²) in [6, 6.07) is 5.93. The van der Waals surface area contributed by atoms with Gasteiger partial charge in [-0.15, -0.1) is 0 Å². The predicted molar refractivity (Wildman–Crippen MR) is 70.8 cm³/mol. The zero-order chi connectivity index (χ0) is 12.4. The van der Waals surface area contributed by atoms with E-state index in [4.69, 9.17) is 11.6 Å². The van der Waals surface area contributed by atoms with Crippen LogP contribution in [0.2, 0.25) is 5.02 Å². The number of hydrogen-bond acceptors (Lipinski definition) is 2. The lowest BCUT2D eigenvalue weighted by Gasteiger charge is -2.12. The highest BCUT2D eigenvalue weighted by atomic mass is 35.5. The Morgan fingerprint density at radius 3 is 2.71 bits per heavy atom. The lowest BCUT2D eigenvalue weighted by Crippen LogP contribution is -2.09. The van der Waals surface area contributed by atoms with Crippen LogP contribution in [-0.4, -0.2) is 16.6 Å². The first-order valence-corrected chi connectivity index (χ1v) is 5.95. The molecule has 1 N–H and O–H groups in total. The highest BCUT2D eigenvalue weighted by Crippen LogP contribution is 2.22. The van der Waals surface area contributed by atoms with Gasteiger partial charge in [0.2, 0.25) is 0 Å². The number of imidazole rings is 1. The predicted octanol–water partition coefficient (Wildman–Crippen LogP) is 2.86. The van der Waals surface area contributed by atoms with Gasteiger partial charge in [-0.3, -0.25) is 0 Å². The van der Waals surface area contributed by atoms with E-state index in [1.54, 1.807) is 0 Å². The van der Waals surface area contributed by atoms with Gasteiger partial charge >= 0.3 is 0 Å². The summed E-state index contributed by atoms with van der Waals surface area (Å²) in [5.74, 6) is 0. The van der Waals surface area contributed by atoms with Crippen molar-refractivity contribution < 1.29 is 0 Å². The van der Waals surface area contributed by atoms with Gasteiger partial charge in [0.1, 0.15) is 0 Å². The Morgan fingerprint density at radius 1 is 1.35 bits per heavy atom. The molecule has 0 bridgehead atoms. The molecule has 0 fully saturated rings. The highest BCUT2D eigenvalue weighted by Gasteiger charge is 2.09. The minimum Gasteiger partial charge on any atom is -0.316 e. The molecule has 0 amide bonds. The van der Waals surface area contributed by atoms with Crippen LogP contribution in [0.1, 0.15) is 17.0 Å². The largest absolute Gasteiger partial charge is 0.316 e. The van der Waals surface area contributed by atoms with Crippen molar-refractivity contribution in [1.29, 1.82) is 0 Å². The van der Waals surface area contributed by atoms with Crippen molar-refractivity contribution in [1.82, 2.24) is 14.9 Å². The topological polar surface area (TPSA) is 29.9 Å². The number of rotatable bonds is 3. The maximum atomic E-state index is 6.03. The Balaban J connectivity index is 2.54. The first-order chi connectivity index (χ1) is 8.13. The van der Waals surface area contributed by atoms with Crippen LogP contribution in [0.5, 0.6) is 0 Å². The van der Waals surface area contributed by atoms with Gasteiger partial charge in [-0.25, -0.2) is 4.98 Å². The van der Waals surface area contributed by atoms with Crippen molar-refractivity contribution in [3.05, 3.63) is 46.5 Å². The van der Waals surface area contributed by atoms with Crippen molar-refractivity contribution in [2.24, 2.45) is 0 Å². The molecular weight excluding hydrogens is 234 g/mol. The summed E-state index contributed by atoms with van der Waals surface area (Å²) in [6.45, 7) is 4.87. The Labute approximate surface area is 106 Å². The average molecular weight is 250 g/mol. The maximum Gasteiger partial charge on any atom is 0.0997 e. The third-order valence-corrected chi connectivity index (χ3v) is 3.16. The van der Waals surface area contributed by atoms with Crippen molar-refractivity contribution in [2.45, 2.75) is 20.4 Å². The molecule has 0 spiro atoms. The number of benzene rings is 1. The Morgan fingerprint density at radius 2 is 2.12 bits per heavy atom. The normalized spacial score (nSPS) is 10.8. The van der Waals surface area contributed by atoms with E-state index in [9.17, 15) is 0 Å². The zero-order valence-corrected chi connectivity index (χ0v) is 11.0. The lowest BCUT2D eigenvalue weighted by atomic mass is 10.1. The molecule has 1 aromatic heterocycles. The quantitative estimate of drug-likeness (QED) is 0.907. The van der Waals surface area contributed by atoms with Crippen LogP contribution in [0.15, 0.2) is 24.5 Å². The molecule has 0 saturated carbocycles. The summed E-state index contributed by atoms with van der Waals surface area (Å²) in [4.78, 5) is 4.33. The molecule has 90 valence electrons. The van der Waals surface area contributed by atoms with E-state index in [0.717, 1.165) is 28.6 Å². The lowest BCUT2D eigenvalue weighted by molar-refractivity contribution is 0.805. The molecule has 4 heteroatoms. The second-order valence-electron chi connectivity index (χ2n) is 4.09. The van der Waals surface area contributed by atoms with Crippen LogP contribution in [-0.2, 0) is 6.54 Å². The van der Waals surface area contributed by atoms with Gasteiger partial charge in [0.25, 0.3) is 0 Å². The van der Waals surface area contributed by atoms with E-state index in [1.165, 1.54) is 5.56 Å². The monoisotopic (exact) mass is 249 g/mol. The summed E-state index contributed by atoms with van der Waals surface area (Å²) >= 11 is 6.03. The molecule has 1 heterocycles. The standard InChI is InChI=1S/C13H16ClN3/c1-9-10(2)17(8-16-9)13-5-4-12(14)6-11(13)7-15-3/h4-6,8,15H,7H2,1-3H3. The number of nitrogens with one attached hydrogen (secondary N) is 1. The minimum atomic E-state index is 0.758. The molecule has 2 aromatic rings. The van der Waals surface area contributed by atoms with Crippen LogP contribution < -0.4 is 5.32 Å². The number of aryl methyl sites for hydroxylation is 1. The summed E-state index contributed by atoms with van der Waals surface area (Å²) in [5.41, 5.74) is 4.50. The summed E-state index contributed by atoms with van der Waals surface area (Å²) < 4.78 is 2.10. The molecular formula is C13H16ClN3. The average Bonchev–Trinajstić information content (AvgIpc) is 2.61. The number of hydrogen-bond donors (Lipinski definition) is 1. The fraction of sp³-hybridized carbons (Fsp3) is 0.308. The van der Waals surface area contributed by atoms with E-state index in [1.807, 2.05) is 38.5 Å². The van der Waals surface area contributed by atoms with E-state index in [2.05, 4.69) is 21.8 Å². The van der Waals surface area contributed by atoms with E-state index in [0.29, 0.717) is 0 Å². The highest BCUT2D eigenvalue weighted by molar-refractivity contribution is 6.30. The molecule has 0 radical (unpaired) electrons. The van der Waals surface area contributed by atoms with Crippen molar-refractivity contribution in [2.75, 3.05) is 7.05 Å². The summed E-state index contributed by atoms with van der Waals surface area (Å²) in [6.07, 6.45) is 1.85. The first-order valence-electron chi connectivity index (χ1n) is 5.57. The van der Waals surface area contributed by atoms with Gasteiger partial charge in [0, 0.05) is 17.3 Å². The van der Waals surface area contributed by atoms with Crippen LogP contribution in [0.4, 0.5) is 0 Å². The molecule has 1 aromatic carbocycles. The van der Waals surface area contributed by atoms with Crippen LogP contribution in [0, 0.1) is 13.8 Å². The SMILES string of the molecule is CNCc1cc(Cl)ccc1-n1cnc(C)c1C. The molecule has 17 heavy (non-hydrogen) atoms. The third-order valence-electron chi connectivity index (χ3n) is 2.92. The van der Waals surface area contributed by atoms with E-state index in [-0.39, 0.29) is 0 Å². The number of nitrogens with zero attached hydrogens (tertiary/aromatic N) is 2. The van der Waals surface area contributed by atoms with Gasteiger partial charge in [-0.1, -0.05) is 11.6 Å². The van der Waals surface area contributed by atoms with Crippen molar-refractivity contribution >= 4 is 11.6 Å². The van der Waals surface area contributed by atoms with Crippen LogP contribution in [0.25, 0.3) is 5.69 Å².